The van der Waals surface area contributed by atoms with E-state index in [0.29, 0.717) is 5.92 Å². The third-order valence-electron chi connectivity index (χ3n) is 7.99. The Kier molecular flexibility index (Phi) is 6.06. The van der Waals surface area contributed by atoms with Crippen LogP contribution in [0.1, 0.15) is 29.9 Å². The van der Waals surface area contributed by atoms with Crippen LogP contribution in [0, 0.1) is 0 Å². The van der Waals surface area contributed by atoms with Gasteiger partial charge < -0.3 is 5.32 Å². The van der Waals surface area contributed by atoms with Crippen molar-refractivity contribution < 1.29 is 4.79 Å². The first kappa shape index (κ1) is 23.6. The van der Waals surface area contributed by atoms with Crippen molar-refractivity contribution in [1.82, 2.24) is 15.2 Å². The maximum atomic E-state index is 11.6. The van der Waals surface area contributed by atoms with Crippen molar-refractivity contribution in [3.05, 3.63) is 114 Å². The zero-order valence-corrected chi connectivity index (χ0v) is 21.7. The number of aromatic nitrogens is 1. The van der Waals surface area contributed by atoms with Gasteiger partial charge in [-0.25, -0.2) is 9.78 Å². The Morgan fingerprint density at radius 3 is 2.38 bits per heavy atom. The molecule has 1 fully saturated rings. The number of fused-ring (bicyclic) bond motifs is 2. The Morgan fingerprint density at radius 2 is 1.56 bits per heavy atom. The summed E-state index contributed by atoms with van der Waals surface area (Å²) in [5, 5.41) is 8.01. The fraction of sp³-hybridized carbons (Fsp3) is 0.176. The Bertz CT molecular complexity index is 1650. The monoisotopic (exact) mass is 509 g/mol. The lowest BCUT2D eigenvalue weighted by atomic mass is 9.89. The number of carbonyl (C=O) groups is 1. The van der Waals surface area contributed by atoms with Crippen LogP contribution in [0.3, 0.4) is 0 Å². The van der Waals surface area contributed by atoms with Crippen molar-refractivity contribution in [2.45, 2.75) is 25.3 Å². The molecule has 1 saturated heterocycles. The van der Waals surface area contributed by atoms with Crippen molar-refractivity contribution in [3.63, 3.8) is 0 Å². The van der Waals surface area contributed by atoms with Crippen molar-refractivity contribution in [3.8, 4) is 22.4 Å². The number of amides is 2. The minimum Gasteiger partial charge on any atom is -0.304 e. The second kappa shape index (κ2) is 10.0. The van der Waals surface area contributed by atoms with E-state index in [9.17, 15) is 4.79 Å². The van der Waals surface area contributed by atoms with Crippen LogP contribution in [0.4, 0.5) is 16.2 Å². The number of anilines is 1. The molecular formula is C34H29N4O. The van der Waals surface area contributed by atoms with Gasteiger partial charge in [-0.15, -0.1) is 0 Å². The fourth-order valence-corrected chi connectivity index (χ4v) is 5.88. The van der Waals surface area contributed by atoms with E-state index in [1.165, 1.54) is 16.7 Å². The first-order chi connectivity index (χ1) is 19.2. The van der Waals surface area contributed by atoms with Gasteiger partial charge in [0, 0.05) is 23.1 Å². The number of rotatable bonds is 5. The van der Waals surface area contributed by atoms with Gasteiger partial charge in [0.1, 0.15) is 0 Å². The first-order valence-electron chi connectivity index (χ1n) is 13.6. The summed E-state index contributed by atoms with van der Waals surface area (Å²) in [6.45, 7) is 3.06. The van der Waals surface area contributed by atoms with Gasteiger partial charge in [0.15, 0.2) is 0 Å². The molecule has 5 heteroatoms. The van der Waals surface area contributed by atoms with Gasteiger partial charge in [-0.3, -0.25) is 4.90 Å². The molecule has 1 N–H and O–H groups in total. The maximum Gasteiger partial charge on any atom is 0.346 e. The molecule has 5 nitrogen and oxygen atoms in total. The smallest absolute Gasteiger partial charge is 0.304 e. The number of pyridine rings is 1. The largest absolute Gasteiger partial charge is 0.346 e. The van der Waals surface area contributed by atoms with Crippen LogP contribution in [0.2, 0.25) is 0 Å². The summed E-state index contributed by atoms with van der Waals surface area (Å²) in [5.41, 5.74) is 9.70. The minimum absolute atomic E-state index is 0.268. The van der Waals surface area contributed by atoms with E-state index in [1.807, 2.05) is 12.1 Å². The Hall–Kier alpha value is -4.48. The molecule has 0 aliphatic carbocycles. The highest BCUT2D eigenvalue weighted by molar-refractivity contribution is 6.02. The predicted molar refractivity (Wildman–Crippen MR) is 157 cm³/mol. The summed E-state index contributed by atoms with van der Waals surface area (Å²) in [4.78, 5) is 19.2. The van der Waals surface area contributed by atoms with Crippen LogP contribution in [0.5, 0.6) is 0 Å². The van der Waals surface area contributed by atoms with Gasteiger partial charge in [0.25, 0.3) is 0 Å². The highest BCUT2D eigenvalue weighted by Gasteiger charge is 2.24. The second-order valence-electron chi connectivity index (χ2n) is 10.5. The average Bonchev–Trinajstić information content (AvgIpc) is 3.37. The third-order valence-corrected chi connectivity index (χ3v) is 7.99. The molecule has 7 rings (SSSR count). The van der Waals surface area contributed by atoms with Crippen molar-refractivity contribution in [2.24, 2.45) is 0 Å². The molecule has 1 aromatic heterocycles. The number of urea groups is 1. The minimum atomic E-state index is -0.268. The van der Waals surface area contributed by atoms with Gasteiger partial charge in [0.2, 0.25) is 0 Å². The van der Waals surface area contributed by atoms with Crippen LogP contribution in [0.15, 0.2) is 103 Å². The number of para-hydroxylation sites is 1. The number of nitrogens with one attached hydrogen (secondary N) is 1. The SMILES string of the molecule is O=C1[N]c2cc(C3CCN(Cc4ccc(-c5nc6ccccc6cc5-c5ccccc5)cc4)CC3)ccc2N1. The Morgan fingerprint density at radius 1 is 0.795 bits per heavy atom. The number of nitrogens with zero attached hydrogens (tertiary/aromatic N) is 3. The lowest BCUT2D eigenvalue weighted by Gasteiger charge is -2.32. The quantitative estimate of drug-likeness (QED) is 0.264. The van der Waals surface area contributed by atoms with Gasteiger partial charge in [-0.1, -0.05) is 78.9 Å². The molecule has 39 heavy (non-hydrogen) atoms. The van der Waals surface area contributed by atoms with Crippen molar-refractivity contribution >= 4 is 28.3 Å². The molecule has 191 valence electrons. The van der Waals surface area contributed by atoms with Gasteiger partial charge in [-0.2, -0.15) is 5.32 Å². The summed E-state index contributed by atoms with van der Waals surface area (Å²) in [6.07, 6.45) is 2.22. The van der Waals surface area contributed by atoms with Crippen LogP contribution in [-0.2, 0) is 6.54 Å². The van der Waals surface area contributed by atoms with E-state index in [0.717, 1.165) is 71.6 Å². The molecule has 0 saturated carbocycles. The number of likely N-dealkylation sites (tertiary alicyclic amines) is 1. The summed E-state index contributed by atoms with van der Waals surface area (Å²) in [5.74, 6) is 0.509. The Labute approximate surface area is 228 Å². The van der Waals surface area contributed by atoms with E-state index < -0.39 is 0 Å². The molecule has 2 amide bonds. The number of carbonyl (C=O) groups excluding carboxylic acids is 1. The topological polar surface area (TPSA) is 59.3 Å². The number of benzene rings is 4. The van der Waals surface area contributed by atoms with E-state index in [4.69, 9.17) is 4.98 Å². The normalized spacial score (nSPS) is 15.6. The second-order valence-corrected chi connectivity index (χ2v) is 10.5. The van der Waals surface area contributed by atoms with Gasteiger partial charge in [0.05, 0.1) is 22.6 Å². The molecule has 0 bridgehead atoms. The molecule has 1 radical (unpaired) electrons. The number of hydrogen-bond donors (Lipinski definition) is 1. The maximum absolute atomic E-state index is 11.6. The molecule has 0 atom stereocenters. The van der Waals surface area contributed by atoms with Crippen LogP contribution >= 0.6 is 0 Å². The summed E-state index contributed by atoms with van der Waals surface area (Å²) in [7, 11) is 0. The molecular weight excluding hydrogens is 480 g/mol. The molecule has 4 aromatic carbocycles. The zero-order valence-electron chi connectivity index (χ0n) is 21.7. The van der Waals surface area contributed by atoms with Gasteiger partial charge in [-0.05, 0) is 72.8 Å². The predicted octanol–water partition coefficient (Wildman–Crippen LogP) is 7.73. The molecule has 3 heterocycles. The number of piperidine rings is 1. The standard InChI is InChI=1S/C34H29N4O/c39-34-36-31-15-14-27(21-32(31)37-34)24-16-18-38(19-17-24)22-23-10-12-26(13-11-23)33-29(25-6-2-1-3-7-25)20-28-8-4-5-9-30(28)35-33/h1-15,20-21,24H,16-19,22H2,(H,36,39). The van der Waals surface area contributed by atoms with Crippen LogP contribution in [-0.4, -0.2) is 29.0 Å². The molecule has 2 aliphatic heterocycles. The number of hydrogen-bond acceptors (Lipinski definition) is 3. The first-order valence-corrected chi connectivity index (χ1v) is 13.6. The van der Waals surface area contributed by atoms with E-state index in [1.54, 1.807) is 0 Å². The molecule has 5 aromatic rings. The fourth-order valence-electron chi connectivity index (χ4n) is 5.88. The van der Waals surface area contributed by atoms with Crippen LogP contribution in [0.25, 0.3) is 33.3 Å². The van der Waals surface area contributed by atoms with Crippen LogP contribution < -0.4 is 10.6 Å². The zero-order chi connectivity index (χ0) is 26.2. The van der Waals surface area contributed by atoms with Gasteiger partial charge >= 0.3 is 6.03 Å². The average molecular weight is 510 g/mol. The molecule has 0 unspecified atom stereocenters. The van der Waals surface area contributed by atoms with E-state index >= 15 is 0 Å². The van der Waals surface area contributed by atoms with Crippen molar-refractivity contribution in [2.75, 3.05) is 18.4 Å². The lowest BCUT2D eigenvalue weighted by molar-refractivity contribution is 0.204. The van der Waals surface area contributed by atoms with E-state index in [-0.39, 0.29) is 6.03 Å². The van der Waals surface area contributed by atoms with E-state index in [2.05, 4.69) is 107 Å². The van der Waals surface area contributed by atoms with Crippen molar-refractivity contribution in [1.29, 1.82) is 0 Å². The molecule has 2 aliphatic rings. The summed E-state index contributed by atoms with van der Waals surface area (Å²) in [6, 6.07) is 36.0. The highest BCUT2D eigenvalue weighted by Crippen LogP contribution is 2.36. The highest BCUT2D eigenvalue weighted by atomic mass is 16.2. The Balaban J connectivity index is 1.06. The summed E-state index contributed by atoms with van der Waals surface area (Å²) >= 11 is 0. The third kappa shape index (κ3) is 4.77. The molecule has 0 spiro atoms. The summed E-state index contributed by atoms with van der Waals surface area (Å²) < 4.78 is 0. The lowest BCUT2D eigenvalue weighted by Crippen LogP contribution is -2.32.